The molecule has 0 aliphatic rings. The van der Waals surface area contributed by atoms with Crippen LogP contribution in [-0.4, -0.2) is 24.2 Å². The smallest absolute Gasteiger partial charge is 0.416 e. The number of aromatic amines is 1. The lowest BCUT2D eigenvalue weighted by molar-refractivity contribution is -0.145. The summed E-state index contributed by atoms with van der Waals surface area (Å²) in [6.45, 7) is 4.21. The van der Waals surface area contributed by atoms with Crippen LogP contribution in [0.5, 0.6) is 11.5 Å². The van der Waals surface area contributed by atoms with Gasteiger partial charge in [0.25, 0.3) is 0 Å². The van der Waals surface area contributed by atoms with Crippen LogP contribution < -0.4 is 9.47 Å². The van der Waals surface area contributed by atoms with Crippen molar-refractivity contribution in [3.8, 4) is 22.8 Å². The Balaban J connectivity index is 1.49. The molecular formula is C34H30F3NO4. The van der Waals surface area contributed by atoms with Crippen molar-refractivity contribution in [3.63, 3.8) is 0 Å². The second kappa shape index (κ2) is 12.4. The van der Waals surface area contributed by atoms with Gasteiger partial charge in [-0.3, -0.25) is 0 Å². The van der Waals surface area contributed by atoms with Crippen LogP contribution in [0, 0.1) is 6.92 Å². The monoisotopic (exact) mass is 573 g/mol. The number of H-pyrrole nitrogens is 1. The lowest BCUT2D eigenvalue weighted by Crippen LogP contribution is -2.14. The molecule has 0 atom stereocenters. The van der Waals surface area contributed by atoms with E-state index in [9.17, 15) is 18.0 Å². The standard InChI is InChI=1S/C34H30F3NO4/c1-3-40-31(39)21-41-27-15-9-23(10-16-27)19-28-30(42-20-24-7-5-4-6-8-24)18-17-29-32(28)22(2)33(38-29)25-11-13-26(14-12-25)34(35,36)37/h4-18,38H,3,19-21H2,1-2H3. The highest BCUT2D eigenvalue weighted by Crippen LogP contribution is 2.38. The first-order chi connectivity index (χ1) is 20.2. The summed E-state index contributed by atoms with van der Waals surface area (Å²) in [5.74, 6) is 0.836. The van der Waals surface area contributed by atoms with Gasteiger partial charge >= 0.3 is 12.1 Å². The van der Waals surface area contributed by atoms with Crippen molar-refractivity contribution < 1.29 is 32.2 Å². The lowest BCUT2D eigenvalue weighted by Gasteiger charge is -2.14. The molecule has 5 nitrogen and oxygen atoms in total. The van der Waals surface area contributed by atoms with Crippen LogP contribution in [-0.2, 0) is 28.7 Å². The zero-order valence-corrected chi connectivity index (χ0v) is 23.3. The molecule has 5 aromatic rings. The van der Waals surface area contributed by atoms with Crippen molar-refractivity contribution in [2.24, 2.45) is 0 Å². The van der Waals surface area contributed by atoms with Crippen LogP contribution in [0.4, 0.5) is 13.2 Å². The van der Waals surface area contributed by atoms with Gasteiger partial charge in [0.1, 0.15) is 18.1 Å². The average molecular weight is 574 g/mol. The summed E-state index contributed by atoms with van der Waals surface area (Å²) in [5, 5.41) is 0.957. The van der Waals surface area contributed by atoms with E-state index in [1.165, 1.54) is 12.1 Å². The Labute approximate surface area is 241 Å². The Hall–Kier alpha value is -4.72. The quantitative estimate of drug-likeness (QED) is 0.171. The molecule has 5 rings (SSSR count). The molecule has 0 saturated carbocycles. The van der Waals surface area contributed by atoms with Crippen molar-refractivity contribution >= 4 is 16.9 Å². The van der Waals surface area contributed by atoms with Gasteiger partial charge in [0, 0.05) is 28.6 Å². The third-order valence-corrected chi connectivity index (χ3v) is 6.98. The van der Waals surface area contributed by atoms with Gasteiger partial charge in [-0.1, -0.05) is 54.6 Å². The van der Waals surface area contributed by atoms with E-state index in [-0.39, 0.29) is 6.61 Å². The number of alkyl halides is 3. The Bertz CT molecular complexity index is 1660. The Morgan fingerprint density at radius 1 is 0.833 bits per heavy atom. The van der Waals surface area contributed by atoms with Gasteiger partial charge in [-0.15, -0.1) is 0 Å². The Morgan fingerprint density at radius 2 is 1.55 bits per heavy atom. The van der Waals surface area contributed by atoms with Crippen molar-refractivity contribution in [2.45, 2.75) is 33.1 Å². The number of esters is 1. The number of hydrogen-bond donors (Lipinski definition) is 1. The average Bonchev–Trinajstić information content (AvgIpc) is 3.33. The van der Waals surface area contributed by atoms with Gasteiger partial charge in [0.2, 0.25) is 0 Å². The molecule has 4 aromatic carbocycles. The van der Waals surface area contributed by atoms with E-state index in [1.54, 1.807) is 19.1 Å². The molecule has 0 bridgehead atoms. The normalized spacial score (nSPS) is 11.5. The molecule has 1 aromatic heterocycles. The number of benzene rings is 4. The van der Waals surface area contributed by atoms with E-state index in [0.717, 1.165) is 56.7 Å². The Morgan fingerprint density at radius 3 is 2.21 bits per heavy atom. The minimum absolute atomic E-state index is 0.167. The molecule has 1 N–H and O–H groups in total. The molecule has 0 unspecified atom stereocenters. The molecular weight excluding hydrogens is 543 g/mol. The van der Waals surface area contributed by atoms with Crippen molar-refractivity contribution in [1.82, 2.24) is 4.98 Å². The number of hydrogen-bond acceptors (Lipinski definition) is 4. The molecule has 8 heteroatoms. The SMILES string of the molecule is CCOC(=O)COc1ccc(Cc2c(OCc3ccccc3)ccc3[nH]c(-c4ccc(C(F)(F)F)cc4)c(C)c23)cc1. The first-order valence-corrected chi connectivity index (χ1v) is 13.6. The molecule has 0 aliphatic carbocycles. The summed E-state index contributed by atoms with van der Waals surface area (Å²) in [7, 11) is 0. The lowest BCUT2D eigenvalue weighted by atomic mass is 9.96. The zero-order valence-electron chi connectivity index (χ0n) is 23.3. The van der Waals surface area contributed by atoms with Gasteiger partial charge < -0.3 is 19.2 Å². The van der Waals surface area contributed by atoms with Gasteiger partial charge in [0.05, 0.1) is 12.2 Å². The Kier molecular flexibility index (Phi) is 8.52. The van der Waals surface area contributed by atoms with E-state index >= 15 is 0 Å². The molecule has 42 heavy (non-hydrogen) atoms. The van der Waals surface area contributed by atoms with Crippen molar-refractivity contribution in [1.29, 1.82) is 0 Å². The first-order valence-electron chi connectivity index (χ1n) is 13.6. The van der Waals surface area contributed by atoms with Crippen LogP contribution in [0.25, 0.3) is 22.2 Å². The van der Waals surface area contributed by atoms with Crippen LogP contribution in [0.1, 0.15) is 34.7 Å². The summed E-state index contributed by atoms with van der Waals surface area (Å²) in [6.07, 6.45) is -3.86. The van der Waals surface area contributed by atoms with E-state index in [4.69, 9.17) is 14.2 Å². The van der Waals surface area contributed by atoms with Gasteiger partial charge in [-0.05, 0) is 72.5 Å². The summed E-state index contributed by atoms with van der Waals surface area (Å²) < 4.78 is 56.2. The molecule has 0 amide bonds. The molecule has 216 valence electrons. The van der Waals surface area contributed by atoms with Crippen LogP contribution in [0.2, 0.25) is 0 Å². The van der Waals surface area contributed by atoms with E-state index in [0.29, 0.717) is 30.9 Å². The van der Waals surface area contributed by atoms with Crippen LogP contribution in [0.15, 0.2) is 91.0 Å². The zero-order chi connectivity index (χ0) is 29.7. The number of halogens is 3. The number of aromatic nitrogens is 1. The third kappa shape index (κ3) is 6.60. The topological polar surface area (TPSA) is 60.6 Å². The van der Waals surface area contributed by atoms with Crippen LogP contribution in [0.3, 0.4) is 0 Å². The van der Waals surface area contributed by atoms with E-state index < -0.39 is 17.7 Å². The largest absolute Gasteiger partial charge is 0.489 e. The maximum Gasteiger partial charge on any atom is 0.416 e. The predicted octanol–water partition coefficient (Wildman–Crippen LogP) is 8.27. The van der Waals surface area contributed by atoms with E-state index in [1.807, 2.05) is 61.5 Å². The van der Waals surface area contributed by atoms with Crippen molar-refractivity contribution in [2.75, 3.05) is 13.2 Å². The van der Waals surface area contributed by atoms with E-state index in [2.05, 4.69) is 4.98 Å². The highest BCUT2D eigenvalue weighted by Gasteiger charge is 2.30. The molecule has 0 spiro atoms. The fourth-order valence-corrected chi connectivity index (χ4v) is 4.93. The number of aryl methyl sites for hydroxylation is 1. The molecule has 1 heterocycles. The highest BCUT2D eigenvalue weighted by atomic mass is 19.4. The third-order valence-electron chi connectivity index (χ3n) is 6.98. The molecule has 0 fully saturated rings. The minimum Gasteiger partial charge on any atom is -0.489 e. The number of nitrogens with one attached hydrogen (secondary N) is 1. The number of carbonyl (C=O) groups is 1. The number of fused-ring (bicyclic) bond motifs is 1. The predicted molar refractivity (Wildman–Crippen MR) is 156 cm³/mol. The molecule has 0 radical (unpaired) electrons. The first kappa shape index (κ1) is 28.8. The van der Waals surface area contributed by atoms with Gasteiger partial charge in [-0.25, -0.2) is 4.79 Å². The van der Waals surface area contributed by atoms with Crippen LogP contribution >= 0.6 is 0 Å². The summed E-state index contributed by atoms with van der Waals surface area (Å²) in [4.78, 5) is 15.0. The maximum absolute atomic E-state index is 13.2. The second-order valence-corrected chi connectivity index (χ2v) is 9.85. The van der Waals surface area contributed by atoms with Gasteiger partial charge in [0.15, 0.2) is 6.61 Å². The van der Waals surface area contributed by atoms with Crippen molar-refractivity contribution in [3.05, 3.63) is 119 Å². The molecule has 0 saturated heterocycles. The fraction of sp³-hybridized carbons (Fsp3) is 0.206. The number of ether oxygens (including phenoxy) is 3. The molecule has 0 aliphatic heterocycles. The number of carbonyl (C=O) groups excluding carboxylic acids is 1. The fourth-order valence-electron chi connectivity index (χ4n) is 4.93. The summed E-state index contributed by atoms with van der Waals surface area (Å²) in [5.41, 5.74) is 5.48. The second-order valence-electron chi connectivity index (χ2n) is 9.85. The minimum atomic E-state index is -4.40. The summed E-state index contributed by atoms with van der Waals surface area (Å²) >= 11 is 0. The summed E-state index contributed by atoms with van der Waals surface area (Å²) in [6, 6.07) is 26.4. The van der Waals surface area contributed by atoms with Gasteiger partial charge in [-0.2, -0.15) is 13.2 Å². The number of rotatable bonds is 10. The highest BCUT2D eigenvalue weighted by molar-refractivity contribution is 5.94. The maximum atomic E-state index is 13.2.